The minimum atomic E-state index is 0.658. The maximum absolute atomic E-state index is 5.82. The number of aryl methyl sites for hydroxylation is 2. The highest BCUT2D eigenvalue weighted by molar-refractivity contribution is 5.20. The minimum absolute atomic E-state index is 0.658. The first-order valence-corrected chi connectivity index (χ1v) is 6.13. The Hall–Kier alpha value is -1.03. The van der Waals surface area contributed by atoms with Crippen LogP contribution in [0.1, 0.15) is 25.0 Å². The van der Waals surface area contributed by atoms with Gasteiger partial charge in [-0.2, -0.15) is 0 Å². The second-order valence-corrected chi connectivity index (χ2v) is 4.97. The Bertz CT molecular complexity index is 337. The zero-order valence-electron chi connectivity index (χ0n) is 10.3. The van der Waals surface area contributed by atoms with Gasteiger partial charge in [-0.25, -0.2) is 4.98 Å². The van der Waals surface area contributed by atoms with Crippen LogP contribution in [0.2, 0.25) is 0 Å². The van der Waals surface area contributed by atoms with E-state index in [1.54, 1.807) is 0 Å². The van der Waals surface area contributed by atoms with Gasteiger partial charge in [0.2, 0.25) is 0 Å². The van der Waals surface area contributed by atoms with Crippen molar-refractivity contribution in [2.75, 3.05) is 25.9 Å². The lowest BCUT2D eigenvalue weighted by atomic mass is 9.94. The van der Waals surface area contributed by atoms with Crippen LogP contribution < -0.4 is 5.73 Å². The molecular formula is C12H22N4. The molecule has 16 heavy (non-hydrogen) atoms. The minimum Gasteiger partial charge on any atom is -0.369 e. The van der Waals surface area contributed by atoms with E-state index in [4.69, 9.17) is 5.73 Å². The van der Waals surface area contributed by atoms with Gasteiger partial charge in [0, 0.05) is 12.7 Å². The summed E-state index contributed by atoms with van der Waals surface area (Å²) in [5, 5.41) is 0. The monoisotopic (exact) mass is 222 g/mol. The summed E-state index contributed by atoms with van der Waals surface area (Å²) >= 11 is 0. The first kappa shape index (κ1) is 11.5. The normalized spacial score (nSPS) is 19.1. The van der Waals surface area contributed by atoms with Crippen molar-refractivity contribution in [3.05, 3.63) is 11.9 Å². The van der Waals surface area contributed by atoms with Crippen LogP contribution in [0.3, 0.4) is 0 Å². The second-order valence-electron chi connectivity index (χ2n) is 4.97. The van der Waals surface area contributed by atoms with Gasteiger partial charge in [-0.15, -0.1) is 0 Å². The number of imidazole rings is 1. The molecule has 0 aliphatic carbocycles. The molecule has 2 heterocycles. The summed E-state index contributed by atoms with van der Waals surface area (Å²) in [7, 11) is 2.20. The Balaban J connectivity index is 1.81. The van der Waals surface area contributed by atoms with Gasteiger partial charge in [-0.05, 0) is 52.2 Å². The van der Waals surface area contributed by atoms with E-state index in [2.05, 4.69) is 21.5 Å². The van der Waals surface area contributed by atoms with Gasteiger partial charge >= 0.3 is 0 Å². The fourth-order valence-electron chi connectivity index (χ4n) is 2.42. The highest BCUT2D eigenvalue weighted by atomic mass is 15.1. The van der Waals surface area contributed by atoms with Crippen molar-refractivity contribution in [3.63, 3.8) is 0 Å². The summed E-state index contributed by atoms with van der Waals surface area (Å²) in [5.41, 5.74) is 6.84. The molecular weight excluding hydrogens is 200 g/mol. The third kappa shape index (κ3) is 2.76. The lowest BCUT2D eigenvalue weighted by molar-refractivity contribution is 0.208. The van der Waals surface area contributed by atoms with Crippen LogP contribution in [-0.4, -0.2) is 34.6 Å². The highest BCUT2D eigenvalue weighted by Gasteiger charge is 2.16. The number of aromatic nitrogens is 2. The molecule has 1 aromatic rings. The predicted molar refractivity (Wildman–Crippen MR) is 66.2 cm³/mol. The van der Waals surface area contributed by atoms with E-state index in [0.29, 0.717) is 5.95 Å². The third-order valence-electron chi connectivity index (χ3n) is 3.54. The maximum atomic E-state index is 5.82. The summed E-state index contributed by atoms with van der Waals surface area (Å²) in [5.74, 6) is 1.52. The van der Waals surface area contributed by atoms with E-state index in [9.17, 15) is 0 Å². The van der Waals surface area contributed by atoms with Gasteiger partial charge < -0.3 is 15.2 Å². The van der Waals surface area contributed by atoms with Crippen molar-refractivity contribution in [1.82, 2.24) is 14.5 Å². The lowest BCUT2D eigenvalue weighted by Gasteiger charge is -2.28. The molecule has 0 radical (unpaired) electrons. The molecule has 0 atom stereocenters. The fourth-order valence-corrected chi connectivity index (χ4v) is 2.42. The molecule has 4 nitrogen and oxygen atoms in total. The van der Waals surface area contributed by atoms with Gasteiger partial charge in [0.25, 0.3) is 0 Å². The second kappa shape index (κ2) is 4.87. The number of rotatable bonds is 3. The third-order valence-corrected chi connectivity index (χ3v) is 3.54. The molecule has 1 aliphatic heterocycles. The van der Waals surface area contributed by atoms with Gasteiger partial charge in [0.05, 0.1) is 5.69 Å². The zero-order chi connectivity index (χ0) is 11.5. The molecule has 0 aromatic carbocycles. The Morgan fingerprint density at radius 2 is 2.12 bits per heavy atom. The summed E-state index contributed by atoms with van der Waals surface area (Å²) in [6.07, 6.45) is 5.92. The van der Waals surface area contributed by atoms with E-state index in [1.807, 2.05) is 13.1 Å². The number of nitrogen functional groups attached to an aromatic ring is 1. The van der Waals surface area contributed by atoms with Gasteiger partial charge in [-0.1, -0.05) is 0 Å². The van der Waals surface area contributed by atoms with Crippen LogP contribution in [0.5, 0.6) is 0 Å². The first-order chi connectivity index (χ1) is 7.65. The topological polar surface area (TPSA) is 47.1 Å². The molecule has 0 unspecified atom stereocenters. The molecule has 1 fully saturated rings. The molecule has 1 saturated heterocycles. The quantitative estimate of drug-likeness (QED) is 0.843. The Morgan fingerprint density at radius 3 is 2.69 bits per heavy atom. The van der Waals surface area contributed by atoms with Crippen LogP contribution >= 0.6 is 0 Å². The molecule has 0 bridgehead atoms. The number of hydrogen-bond acceptors (Lipinski definition) is 3. The van der Waals surface area contributed by atoms with Gasteiger partial charge in [0.15, 0.2) is 5.95 Å². The molecule has 4 heteroatoms. The summed E-state index contributed by atoms with van der Waals surface area (Å²) in [6.45, 7) is 5.48. The van der Waals surface area contributed by atoms with E-state index < -0.39 is 0 Å². The largest absolute Gasteiger partial charge is 0.369 e. The average Bonchev–Trinajstić information content (AvgIpc) is 2.57. The Kier molecular flexibility index (Phi) is 3.49. The van der Waals surface area contributed by atoms with Crippen molar-refractivity contribution < 1.29 is 0 Å². The van der Waals surface area contributed by atoms with E-state index in [0.717, 1.165) is 18.2 Å². The number of piperidine rings is 1. The average molecular weight is 222 g/mol. The zero-order valence-corrected chi connectivity index (χ0v) is 10.3. The van der Waals surface area contributed by atoms with Gasteiger partial charge in [-0.3, -0.25) is 0 Å². The van der Waals surface area contributed by atoms with Crippen molar-refractivity contribution in [3.8, 4) is 0 Å². The molecule has 0 amide bonds. The number of nitrogens with two attached hydrogens (primary N) is 1. The molecule has 90 valence electrons. The SMILES string of the molecule is Cc1cn(CCC2CCN(C)CC2)c(N)n1. The van der Waals surface area contributed by atoms with Crippen LogP contribution in [0.25, 0.3) is 0 Å². The molecule has 2 rings (SSSR count). The van der Waals surface area contributed by atoms with Crippen molar-refractivity contribution in [2.45, 2.75) is 32.7 Å². The summed E-state index contributed by atoms with van der Waals surface area (Å²) < 4.78 is 2.08. The van der Waals surface area contributed by atoms with Crippen LogP contribution in [0, 0.1) is 12.8 Å². The molecule has 0 spiro atoms. The number of anilines is 1. The van der Waals surface area contributed by atoms with Crippen molar-refractivity contribution >= 4 is 5.95 Å². The summed E-state index contributed by atoms with van der Waals surface area (Å²) in [4.78, 5) is 6.63. The van der Waals surface area contributed by atoms with E-state index in [1.165, 1.54) is 32.4 Å². The van der Waals surface area contributed by atoms with Crippen LogP contribution in [0.4, 0.5) is 5.95 Å². The smallest absolute Gasteiger partial charge is 0.200 e. The van der Waals surface area contributed by atoms with Crippen LogP contribution in [0.15, 0.2) is 6.20 Å². The first-order valence-electron chi connectivity index (χ1n) is 6.13. The van der Waals surface area contributed by atoms with E-state index in [-0.39, 0.29) is 0 Å². The summed E-state index contributed by atoms with van der Waals surface area (Å²) in [6, 6.07) is 0. The van der Waals surface area contributed by atoms with Crippen LogP contribution in [-0.2, 0) is 6.54 Å². The molecule has 1 aliphatic rings. The molecule has 0 saturated carbocycles. The maximum Gasteiger partial charge on any atom is 0.200 e. The Morgan fingerprint density at radius 1 is 1.44 bits per heavy atom. The van der Waals surface area contributed by atoms with E-state index >= 15 is 0 Å². The number of hydrogen-bond donors (Lipinski definition) is 1. The number of nitrogens with zero attached hydrogens (tertiary/aromatic N) is 3. The van der Waals surface area contributed by atoms with Crippen molar-refractivity contribution in [2.24, 2.45) is 5.92 Å². The molecule has 1 aromatic heterocycles. The highest BCUT2D eigenvalue weighted by Crippen LogP contribution is 2.20. The number of likely N-dealkylation sites (tertiary alicyclic amines) is 1. The molecule has 2 N–H and O–H groups in total. The lowest BCUT2D eigenvalue weighted by Crippen LogP contribution is -2.30. The Labute approximate surface area is 97.4 Å². The standard InChI is InChI=1S/C12H22N4/c1-10-9-16(12(13)14-10)8-5-11-3-6-15(2)7-4-11/h9,11H,3-8H2,1-2H3,(H2,13,14). The van der Waals surface area contributed by atoms with Crippen molar-refractivity contribution in [1.29, 1.82) is 0 Å². The fraction of sp³-hybridized carbons (Fsp3) is 0.750. The predicted octanol–water partition coefficient (Wildman–Crippen LogP) is 1.51. The van der Waals surface area contributed by atoms with Gasteiger partial charge in [0.1, 0.15) is 0 Å².